The minimum Gasteiger partial charge on any atom is -0.491 e. The summed E-state index contributed by atoms with van der Waals surface area (Å²) < 4.78 is 53.1. The fourth-order valence-corrected chi connectivity index (χ4v) is 2.89. The van der Waals surface area contributed by atoms with Crippen LogP contribution in [0.1, 0.15) is 25.0 Å². The average molecular weight is 398 g/mol. The molecule has 0 saturated heterocycles. The van der Waals surface area contributed by atoms with E-state index in [4.69, 9.17) is 9.47 Å². The Morgan fingerprint density at radius 3 is 2.21 bits per heavy atom. The summed E-state index contributed by atoms with van der Waals surface area (Å²) in [4.78, 5) is 0. The van der Waals surface area contributed by atoms with E-state index >= 15 is 0 Å². The van der Waals surface area contributed by atoms with E-state index in [1.165, 1.54) is 18.2 Å². The van der Waals surface area contributed by atoms with E-state index in [9.17, 15) is 13.2 Å². The molecule has 0 aromatic heterocycles. The molecule has 0 bridgehead atoms. The topological polar surface area (TPSA) is 18.5 Å². The van der Waals surface area contributed by atoms with Gasteiger partial charge in [0.05, 0.1) is 6.61 Å². The molecule has 0 aliphatic carbocycles. The number of ether oxygens (including phenoxy) is 2. The summed E-state index contributed by atoms with van der Waals surface area (Å²) in [5.74, 6) is -2.36. The van der Waals surface area contributed by atoms with Gasteiger partial charge in [0.25, 0.3) is 0 Å². The molecule has 0 amide bonds. The molecule has 3 aromatic carbocycles. The number of hydrogen-bond donors (Lipinski definition) is 0. The zero-order valence-corrected chi connectivity index (χ0v) is 16.2. The summed E-state index contributed by atoms with van der Waals surface area (Å²) in [6.45, 7) is 3.97. The maximum absolute atomic E-state index is 14.3. The predicted octanol–water partition coefficient (Wildman–Crippen LogP) is 6.78. The van der Waals surface area contributed by atoms with E-state index in [0.717, 1.165) is 11.1 Å². The van der Waals surface area contributed by atoms with E-state index in [1.807, 2.05) is 13.0 Å². The lowest BCUT2D eigenvalue weighted by Gasteiger charge is -2.11. The van der Waals surface area contributed by atoms with E-state index in [1.54, 1.807) is 49.4 Å². The fourth-order valence-electron chi connectivity index (χ4n) is 2.89. The number of benzene rings is 3. The van der Waals surface area contributed by atoms with Crippen molar-refractivity contribution in [3.8, 4) is 22.6 Å². The zero-order valence-electron chi connectivity index (χ0n) is 16.2. The summed E-state index contributed by atoms with van der Waals surface area (Å²) in [5.41, 5.74) is 2.20. The third-order valence-corrected chi connectivity index (χ3v) is 4.32. The van der Waals surface area contributed by atoms with Gasteiger partial charge in [-0.15, -0.1) is 0 Å². The molecule has 0 aliphatic rings. The lowest BCUT2D eigenvalue weighted by molar-refractivity contribution is 0.290. The Hall–Kier alpha value is -3.21. The zero-order chi connectivity index (χ0) is 20.8. The molecule has 29 heavy (non-hydrogen) atoms. The number of allylic oxidation sites excluding steroid dienone is 1. The van der Waals surface area contributed by atoms with Gasteiger partial charge < -0.3 is 9.47 Å². The Balaban J connectivity index is 1.72. The lowest BCUT2D eigenvalue weighted by Crippen LogP contribution is -1.99. The van der Waals surface area contributed by atoms with Crippen LogP contribution in [0.5, 0.6) is 11.5 Å². The molecule has 5 heteroatoms. The summed E-state index contributed by atoms with van der Waals surface area (Å²) in [6.07, 6.45) is 3.63. The Labute approximate surface area is 168 Å². The molecule has 2 nitrogen and oxygen atoms in total. The van der Waals surface area contributed by atoms with Crippen LogP contribution in [0, 0.1) is 17.5 Å². The quantitative estimate of drug-likeness (QED) is 0.437. The van der Waals surface area contributed by atoms with Gasteiger partial charge in [0.15, 0.2) is 23.1 Å². The molecule has 0 unspecified atom stereocenters. The molecule has 0 fully saturated rings. The van der Waals surface area contributed by atoms with E-state index < -0.39 is 17.5 Å². The van der Waals surface area contributed by atoms with Crippen molar-refractivity contribution >= 4 is 6.08 Å². The minimum absolute atomic E-state index is 0.110. The third-order valence-electron chi connectivity index (χ3n) is 4.32. The summed E-state index contributed by atoms with van der Waals surface area (Å²) in [6, 6.07) is 14.4. The van der Waals surface area contributed by atoms with Gasteiger partial charge in [0.1, 0.15) is 6.61 Å². The van der Waals surface area contributed by atoms with Gasteiger partial charge in [-0.05, 0) is 54.8 Å². The largest absolute Gasteiger partial charge is 0.491 e. The second kappa shape index (κ2) is 9.32. The van der Waals surface area contributed by atoms with Crippen molar-refractivity contribution in [2.75, 3.05) is 6.61 Å². The van der Waals surface area contributed by atoms with Crippen LogP contribution >= 0.6 is 0 Å². The average Bonchev–Trinajstić information content (AvgIpc) is 2.72. The van der Waals surface area contributed by atoms with Gasteiger partial charge in [-0.2, -0.15) is 4.39 Å². The van der Waals surface area contributed by atoms with Gasteiger partial charge in [-0.25, -0.2) is 8.78 Å². The van der Waals surface area contributed by atoms with Crippen molar-refractivity contribution < 1.29 is 22.6 Å². The van der Waals surface area contributed by atoms with Gasteiger partial charge in [-0.3, -0.25) is 0 Å². The fraction of sp³-hybridized carbons (Fsp3) is 0.167. The van der Waals surface area contributed by atoms with E-state index in [2.05, 4.69) is 0 Å². The molecule has 3 rings (SSSR count). The smallest absolute Gasteiger partial charge is 0.201 e. The van der Waals surface area contributed by atoms with E-state index in [-0.39, 0.29) is 30.3 Å². The van der Waals surface area contributed by atoms with Crippen molar-refractivity contribution in [1.29, 1.82) is 0 Å². The SMILES string of the molecule is C/C=C/c1ccc(OCc2ccc(-c3ccc(OCC)c(F)c3F)cc2)c(F)c1. The Morgan fingerprint density at radius 1 is 0.828 bits per heavy atom. The van der Waals surface area contributed by atoms with Crippen molar-refractivity contribution in [3.05, 3.63) is 89.3 Å². The summed E-state index contributed by atoms with van der Waals surface area (Å²) in [5, 5.41) is 0. The van der Waals surface area contributed by atoms with Crippen LogP contribution in [-0.4, -0.2) is 6.61 Å². The first-order valence-electron chi connectivity index (χ1n) is 9.28. The Morgan fingerprint density at radius 2 is 1.55 bits per heavy atom. The standard InChI is InChI=1S/C24H21F3O2/c1-3-5-16-8-12-21(20(25)14-16)29-15-17-6-9-18(10-7-17)19-11-13-22(28-4-2)24(27)23(19)26/h3,5-14H,4,15H2,1-2H3/b5-3+. The summed E-state index contributed by atoms with van der Waals surface area (Å²) >= 11 is 0. The normalized spacial score (nSPS) is 11.1. The van der Waals surface area contributed by atoms with Gasteiger partial charge in [0.2, 0.25) is 5.82 Å². The van der Waals surface area contributed by atoms with Crippen molar-refractivity contribution in [2.24, 2.45) is 0 Å². The van der Waals surface area contributed by atoms with Crippen molar-refractivity contribution in [3.63, 3.8) is 0 Å². The van der Waals surface area contributed by atoms with Crippen LogP contribution in [0.4, 0.5) is 13.2 Å². The number of hydrogen-bond acceptors (Lipinski definition) is 2. The van der Waals surface area contributed by atoms with Crippen LogP contribution < -0.4 is 9.47 Å². The molecule has 0 heterocycles. The van der Waals surface area contributed by atoms with Crippen LogP contribution in [0.3, 0.4) is 0 Å². The lowest BCUT2D eigenvalue weighted by atomic mass is 10.0. The van der Waals surface area contributed by atoms with Crippen molar-refractivity contribution in [2.45, 2.75) is 20.5 Å². The predicted molar refractivity (Wildman–Crippen MR) is 108 cm³/mol. The Kier molecular flexibility index (Phi) is 6.60. The second-order valence-electron chi connectivity index (χ2n) is 6.35. The first-order valence-corrected chi connectivity index (χ1v) is 9.28. The number of halogens is 3. The maximum Gasteiger partial charge on any atom is 0.201 e. The van der Waals surface area contributed by atoms with E-state index in [0.29, 0.717) is 5.56 Å². The molecular weight excluding hydrogens is 377 g/mol. The maximum atomic E-state index is 14.3. The van der Waals surface area contributed by atoms with Crippen LogP contribution in [0.15, 0.2) is 60.7 Å². The highest BCUT2D eigenvalue weighted by molar-refractivity contribution is 5.65. The molecule has 0 spiro atoms. The van der Waals surface area contributed by atoms with Gasteiger partial charge >= 0.3 is 0 Å². The minimum atomic E-state index is -1.01. The highest BCUT2D eigenvalue weighted by atomic mass is 19.2. The van der Waals surface area contributed by atoms with Gasteiger partial charge in [0, 0.05) is 5.56 Å². The molecule has 0 radical (unpaired) electrons. The first-order chi connectivity index (χ1) is 14.0. The summed E-state index contributed by atoms with van der Waals surface area (Å²) in [7, 11) is 0. The molecule has 150 valence electrons. The van der Waals surface area contributed by atoms with Crippen molar-refractivity contribution in [1.82, 2.24) is 0 Å². The highest BCUT2D eigenvalue weighted by Crippen LogP contribution is 2.30. The molecule has 0 aliphatic heterocycles. The molecule has 0 atom stereocenters. The van der Waals surface area contributed by atoms with Crippen LogP contribution in [0.2, 0.25) is 0 Å². The monoisotopic (exact) mass is 398 g/mol. The van der Waals surface area contributed by atoms with Crippen LogP contribution in [-0.2, 0) is 6.61 Å². The molecule has 3 aromatic rings. The molecular formula is C24H21F3O2. The van der Waals surface area contributed by atoms with Gasteiger partial charge in [-0.1, -0.05) is 42.5 Å². The molecule has 0 N–H and O–H groups in total. The molecule has 0 saturated carbocycles. The highest BCUT2D eigenvalue weighted by Gasteiger charge is 2.15. The Bertz CT molecular complexity index is 1010. The second-order valence-corrected chi connectivity index (χ2v) is 6.35. The number of rotatable bonds is 7. The van der Waals surface area contributed by atoms with Crippen LogP contribution in [0.25, 0.3) is 17.2 Å². The third kappa shape index (κ3) is 4.80. The first kappa shape index (κ1) is 20.5.